The molecule has 1 aromatic rings. The van der Waals surface area contributed by atoms with Gasteiger partial charge in [-0.05, 0) is 37.0 Å². The second kappa shape index (κ2) is 8.29. The van der Waals surface area contributed by atoms with E-state index in [4.69, 9.17) is 9.47 Å². The molecule has 7 heteroatoms. The SMILES string of the molecule is CC(C)CNC(=O)NC1CCCCC1NC(=O)c1ccc2c(c1)OCO2. The van der Waals surface area contributed by atoms with Gasteiger partial charge in [-0.1, -0.05) is 26.7 Å². The van der Waals surface area contributed by atoms with Gasteiger partial charge in [0.15, 0.2) is 11.5 Å². The Labute approximate surface area is 153 Å². The third-order valence-electron chi connectivity index (χ3n) is 4.70. The second-order valence-corrected chi connectivity index (χ2v) is 7.29. The van der Waals surface area contributed by atoms with Crippen LogP contribution in [0.5, 0.6) is 11.5 Å². The van der Waals surface area contributed by atoms with Gasteiger partial charge in [0, 0.05) is 18.2 Å². The van der Waals surface area contributed by atoms with E-state index in [-0.39, 0.29) is 30.8 Å². The van der Waals surface area contributed by atoms with Gasteiger partial charge in [0.2, 0.25) is 6.79 Å². The Hall–Kier alpha value is -2.44. The monoisotopic (exact) mass is 361 g/mol. The molecule has 1 saturated carbocycles. The van der Waals surface area contributed by atoms with Crippen LogP contribution in [0.25, 0.3) is 0 Å². The molecule has 3 rings (SSSR count). The molecule has 7 nitrogen and oxygen atoms in total. The molecule has 1 heterocycles. The van der Waals surface area contributed by atoms with Crippen LogP contribution in [0.4, 0.5) is 4.79 Å². The minimum Gasteiger partial charge on any atom is -0.454 e. The summed E-state index contributed by atoms with van der Waals surface area (Å²) in [5.41, 5.74) is 0.530. The van der Waals surface area contributed by atoms with Gasteiger partial charge >= 0.3 is 6.03 Å². The molecule has 2 atom stereocenters. The molecule has 2 aliphatic rings. The Kier molecular flexibility index (Phi) is 5.85. The second-order valence-electron chi connectivity index (χ2n) is 7.29. The fraction of sp³-hybridized carbons (Fsp3) is 0.579. The average Bonchev–Trinajstić information content (AvgIpc) is 3.09. The molecular formula is C19H27N3O4. The lowest BCUT2D eigenvalue weighted by molar-refractivity contribution is 0.0915. The highest BCUT2D eigenvalue weighted by Crippen LogP contribution is 2.32. The first-order valence-electron chi connectivity index (χ1n) is 9.28. The Morgan fingerprint density at radius 2 is 1.77 bits per heavy atom. The summed E-state index contributed by atoms with van der Waals surface area (Å²) in [6, 6.07) is 4.85. The van der Waals surface area contributed by atoms with Crippen molar-refractivity contribution in [2.45, 2.75) is 51.6 Å². The molecule has 3 N–H and O–H groups in total. The van der Waals surface area contributed by atoms with Gasteiger partial charge in [-0.2, -0.15) is 0 Å². The number of rotatable bonds is 5. The van der Waals surface area contributed by atoms with E-state index in [1.54, 1.807) is 18.2 Å². The Balaban J connectivity index is 1.59. The molecule has 0 spiro atoms. The van der Waals surface area contributed by atoms with Gasteiger partial charge < -0.3 is 25.4 Å². The zero-order chi connectivity index (χ0) is 18.5. The first-order chi connectivity index (χ1) is 12.5. The van der Waals surface area contributed by atoms with Crippen LogP contribution in [-0.2, 0) is 0 Å². The average molecular weight is 361 g/mol. The van der Waals surface area contributed by atoms with Crippen LogP contribution in [-0.4, -0.2) is 37.4 Å². The van der Waals surface area contributed by atoms with Crippen LogP contribution >= 0.6 is 0 Å². The first kappa shape index (κ1) is 18.4. The zero-order valence-corrected chi connectivity index (χ0v) is 15.3. The normalized spacial score (nSPS) is 21.3. The smallest absolute Gasteiger partial charge is 0.315 e. The van der Waals surface area contributed by atoms with Crippen molar-refractivity contribution in [2.75, 3.05) is 13.3 Å². The van der Waals surface area contributed by atoms with E-state index in [1.807, 2.05) is 0 Å². The Morgan fingerprint density at radius 1 is 1.08 bits per heavy atom. The van der Waals surface area contributed by atoms with Crippen LogP contribution in [0.15, 0.2) is 18.2 Å². The minimum atomic E-state index is -0.173. The van der Waals surface area contributed by atoms with Crippen molar-refractivity contribution in [2.24, 2.45) is 5.92 Å². The number of urea groups is 1. The topological polar surface area (TPSA) is 88.7 Å². The number of fused-ring (bicyclic) bond motifs is 1. The number of ether oxygens (including phenoxy) is 2. The maximum absolute atomic E-state index is 12.6. The van der Waals surface area contributed by atoms with E-state index in [0.717, 1.165) is 25.7 Å². The number of hydrogen-bond donors (Lipinski definition) is 3. The largest absolute Gasteiger partial charge is 0.454 e. The van der Waals surface area contributed by atoms with Gasteiger partial charge in [-0.25, -0.2) is 4.79 Å². The third kappa shape index (κ3) is 4.59. The van der Waals surface area contributed by atoms with Crippen molar-refractivity contribution in [1.82, 2.24) is 16.0 Å². The first-order valence-corrected chi connectivity index (χ1v) is 9.28. The summed E-state index contributed by atoms with van der Waals surface area (Å²) < 4.78 is 10.6. The lowest BCUT2D eigenvalue weighted by Gasteiger charge is -2.33. The molecule has 3 amide bonds. The molecule has 2 unspecified atom stereocenters. The highest BCUT2D eigenvalue weighted by atomic mass is 16.7. The van der Waals surface area contributed by atoms with Crippen LogP contribution < -0.4 is 25.4 Å². The summed E-state index contributed by atoms with van der Waals surface area (Å²) in [6.45, 7) is 4.91. The lowest BCUT2D eigenvalue weighted by Crippen LogP contribution is -2.55. The van der Waals surface area contributed by atoms with Crippen molar-refractivity contribution in [3.8, 4) is 11.5 Å². The lowest BCUT2D eigenvalue weighted by atomic mass is 9.90. The summed E-state index contributed by atoms with van der Waals surface area (Å²) in [5, 5.41) is 8.95. The summed E-state index contributed by atoms with van der Waals surface area (Å²) in [7, 11) is 0. The van der Waals surface area contributed by atoms with Crippen molar-refractivity contribution in [1.29, 1.82) is 0 Å². The quantitative estimate of drug-likeness (QED) is 0.751. The summed E-state index contributed by atoms with van der Waals surface area (Å²) in [4.78, 5) is 24.7. The fourth-order valence-corrected chi connectivity index (χ4v) is 3.28. The van der Waals surface area contributed by atoms with Gasteiger partial charge in [0.05, 0.1) is 6.04 Å². The maximum Gasteiger partial charge on any atom is 0.315 e. The molecule has 0 bridgehead atoms. The standard InChI is InChI=1S/C19H27N3O4/c1-12(2)10-20-19(24)22-15-6-4-3-5-14(15)21-18(23)13-7-8-16-17(9-13)26-11-25-16/h7-9,12,14-15H,3-6,10-11H2,1-2H3,(H,21,23)(H2,20,22,24). The molecular weight excluding hydrogens is 334 g/mol. The number of hydrogen-bond acceptors (Lipinski definition) is 4. The highest BCUT2D eigenvalue weighted by molar-refractivity contribution is 5.95. The van der Waals surface area contributed by atoms with Gasteiger partial charge in [0.1, 0.15) is 0 Å². The van der Waals surface area contributed by atoms with Gasteiger partial charge in [-0.15, -0.1) is 0 Å². The van der Waals surface area contributed by atoms with E-state index in [0.29, 0.717) is 29.5 Å². The number of amides is 3. The molecule has 1 aromatic carbocycles. The van der Waals surface area contributed by atoms with Crippen LogP contribution in [0.1, 0.15) is 49.9 Å². The molecule has 26 heavy (non-hydrogen) atoms. The summed E-state index contributed by atoms with van der Waals surface area (Å²) in [5.74, 6) is 1.47. The number of nitrogens with one attached hydrogen (secondary N) is 3. The minimum absolute atomic E-state index is 0.0612. The Morgan fingerprint density at radius 3 is 2.50 bits per heavy atom. The van der Waals surface area contributed by atoms with Crippen LogP contribution in [0.2, 0.25) is 0 Å². The van der Waals surface area contributed by atoms with Crippen molar-refractivity contribution >= 4 is 11.9 Å². The molecule has 0 radical (unpaired) electrons. The molecule has 0 aromatic heterocycles. The van der Waals surface area contributed by atoms with E-state index in [9.17, 15) is 9.59 Å². The van der Waals surface area contributed by atoms with Crippen molar-refractivity contribution in [3.05, 3.63) is 23.8 Å². The van der Waals surface area contributed by atoms with Gasteiger partial charge in [0.25, 0.3) is 5.91 Å². The highest BCUT2D eigenvalue weighted by Gasteiger charge is 2.28. The zero-order valence-electron chi connectivity index (χ0n) is 15.3. The van der Waals surface area contributed by atoms with Crippen molar-refractivity contribution in [3.63, 3.8) is 0 Å². The predicted molar refractivity (Wildman–Crippen MR) is 97.4 cm³/mol. The fourth-order valence-electron chi connectivity index (χ4n) is 3.28. The van der Waals surface area contributed by atoms with Crippen molar-refractivity contribution < 1.29 is 19.1 Å². The van der Waals surface area contributed by atoms with E-state index >= 15 is 0 Å². The predicted octanol–water partition coefficient (Wildman–Crippen LogP) is 2.41. The Bertz CT molecular complexity index is 662. The molecule has 0 saturated heterocycles. The van der Waals surface area contributed by atoms with E-state index < -0.39 is 0 Å². The number of benzene rings is 1. The van der Waals surface area contributed by atoms with Crippen LogP contribution in [0.3, 0.4) is 0 Å². The summed E-state index contributed by atoms with van der Waals surface area (Å²) >= 11 is 0. The van der Waals surface area contributed by atoms with Crippen LogP contribution in [0, 0.1) is 5.92 Å². The van der Waals surface area contributed by atoms with Gasteiger partial charge in [-0.3, -0.25) is 4.79 Å². The van der Waals surface area contributed by atoms with E-state index in [1.165, 1.54) is 0 Å². The maximum atomic E-state index is 12.6. The van der Waals surface area contributed by atoms with E-state index in [2.05, 4.69) is 29.8 Å². The molecule has 1 fully saturated rings. The molecule has 1 aliphatic carbocycles. The molecule has 142 valence electrons. The number of carbonyl (C=O) groups is 2. The number of carbonyl (C=O) groups excluding carboxylic acids is 2. The summed E-state index contributed by atoms with van der Waals surface area (Å²) in [6.07, 6.45) is 3.80. The third-order valence-corrected chi connectivity index (χ3v) is 4.70. The molecule has 1 aliphatic heterocycles.